The van der Waals surface area contributed by atoms with Gasteiger partial charge in [-0.05, 0) is 30.2 Å². The average Bonchev–Trinajstić information content (AvgIpc) is 2.75. The van der Waals surface area contributed by atoms with Crippen molar-refractivity contribution >= 4 is 17.8 Å². The van der Waals surface area contributed by atoms with Crippen LogP contribution in [-0.4, -0.2) is 78.1 Å². The topological polar surface area (TPSA) is 90.0 Å². The van der Waals surface area contributed by atoms with E-state index in [2.05, 4.69) is 5.32 Å². The number of rotatable bonds is 6. The third kappa shape index (κ3) is 9.98. The molecule has 13 heteroatoms. The van der Waals surface area contributed by atoms with Crippen LogP contribution in [-0.2, 0) is 15.8 Å². The number of carboxylic acid groups (broad SMARTS) is 1. The third-order valence-electron chi connectivity index (χ3n) is 4.64. The van der Waals surface area contributed by atoms with E-state index in [1.54, 1.807) is 9.80 Å². The van der Waals surface area contributed by atoms with E-state index < -0.39 is 23.9 Å². The summed E-state index contributed by atoms with van der Waals surface area (Å²) >= 11 is 0. The van der Waals surface area contributed by atoms with Crippen molar-refractivity contribution < 1.29 is 45.8 Å². The summed E-state index contributed by atoms with van der Waals surface area (Å²) in [6.45, 7) is 7.40. The molecule has 2 rings (SSSR count). The Balaban J connectivity index is 0.000000718. The molecule has 7 nitrogen and oxygen atoms in total. The van der Waals surface area contributed by atoms with Crippen molar-refractivity contribution in [1.82, 2.24) is 15.1 Å². The highest BCUT2D eigenvalue weighted by atomic mass is 19.4. The fourth-order valence-corrected chi connectivity index (χ4v) is 3.00. The van der Waals surface area contributed by atoms with E-state index in [0.29, 0.717) is 19.6 Å². The number of carboxylic acids is 1. The molecule has 1 heterocycles. The minimum atomic E-state index is -5.08. The molecule has 1 aliphatic heterocycles. The Hall–Kier alpha value is -2.83. The van der Waals surface area contributed by atoms with Crippen molar-refractivity contribution in [1.29, 1.82) is 0 Å². The van der Waals surface area contributed by atoms with Crippen molar-refractivity contribution in [3.05, 3.63) is 35.4 Å². The molecule has 1 aromatic rings. The summed E-state index contributed by atoms with van der Waals surface area (Å²) in [5, 5.41) is 10.3. The van der Waals surface area contributed by atoms with E-state index in [0.717, 1.165) is 25.2 Å². The van der Waals surface area contributed by atoms with Gasteiger partial charge in [-0.15, -0.1) is 0 Å². The molecule has 0 aliphatic carbocycles. The van der Waals surface area contributed by atoms with Crippen molar-refractivity contribution in [3.63, 3.8) is 0 Å². The predicted molar refractivity (Wildman–Crippen MR) is 110 cm³/mol. The molecule has 34 heavy (non-hydrogen) atoms. The van der Waals surface area contributed by atoms with Gasteiger partial charge in [-0.2, -0.15) is 26.3 Å². The summed E-state index contributed by atoms with van der Waals surface area (Å²) < 4.78 is 69.8. The number of carbonyl (C=O) groups is 3. The first kappa shape index (κ1) is 29.2. The molecule has 0 radical (unpaired) electrons. The lowest BCUT2D eigenvalue weighted by Gasteiger charge is -2.29. The van der Waals surface area contributed by atoms with E-state index in [-0.39, 0.29) is 36.3 Å². The second-order valence-corrected chi connectivity index (χ2v) is 7.90. The molecule has 1 aromatic carbocycles. The monoisotopic (exact) mass is 499 g/mol. The van der Waals surface area contributed by atoms with Crippen molar-refractivity contribution in [3.8, 4) is 0 Å². The minimum absolute atomic E-state index is 0.00882. The van der Waals surface area contributed by atoms with Gasteiger partial charge >= 0.3 is 18.3 Å². The zero-order valence-corrected chi connectivity index (χ0v) is 18.7. The van der Waals surface area contributed by atoms with E-state index >= 15 is 0 Å². The molecule has 1 aliphatic rings. The lowest BCUT2D eigenvalue weighted by molar-refractivity contribution is -0.192. The molecule has 2 N–H and O–H groups in total. The Morgan fingerprint density at radius 2 is 1.53 bits per heavy atom. The van der Waals surface area contributed by atoms with Crippen LogP contribution in [0.15, 0.2) is 24.3 Å². The van der Waals surface area contributed by atoms with Gasteiger partial charge in [-0.3, -0.25) is 9.59 Å². The van der Waals surface area contributed by atoms with E-state index in [1.807, 2.05) is 13.8 Å². The largest absolute Gasteiger partial charge is 0.490 e. The van der Waals surface area contributed by atoms with Gasteiger partial charge in [0.25, 0.3) is 5.91 Å². The van der Waals surface area contributed by atoms with Gasteiger partial charge in [0, 0.05) is 51.3 Å². The van der Waals surface area contributed by atoms with Crippen molar-refractivity contribution in [2.24, 2.45) is 5.92 Å². The summed E-state index contributed by atoms with van der Waals surface area (Å²) in [4.78, 5) is 37.3. The number of aliphatic carboxylic acids is 1. The Morgan fingerprint density at radius 1 is 1.03 bits per heavy atom. The second kappa shape index (κ2) is 12.6. The maximum absolute atomic E-state index is 12.7. The molecule has 192 valence electrons. The molecule has 1 saturated heterocycles. The minimum Gasteiger partial charge on any atom is -0.475 e. The van der Waals surface area contributed by atoms with Crippen LogP contribution >= 0.6 is 0 Å². The number of halogens is 6. The summed E-state index contributed by atoms with van der Waals surface area (Å²) in [6.07, 6.45) is -9.31. The SMILES string of the molecule is CC(C)CN(CCC(=O)N1CCNCC1)C(=O)c1ccc(C(F)(F)F)cc1.O=C(O)C(F)(F)F. The molecule has 0 aromatic heterocycles. The Labute approximate surface area is 192 Å². The zero-order chi connectivity index (χ0) is 26.1. The highest BCUT2D eigenvalue weighted by Gasteiger charge is 2.38. The van der Waals surface area contributed by atoms with E-state index in [1.165, 1.54) is 12.1 Å². The van der Waals surface area contributed by atoms with Crippen LogP contribution in [0.3, 0.4) is 0 Å². The van der Waals surface area contributed by atoms with Crippen LogP contribution < -0.4 is 5.32 Å². The van der Waals surface area contributed by atoms with Gasteiger partial charge in [0.2, 0.25) is 5.91 Å². The number of nitrogens with one attached hydrogen (secondary N) is 1. The van der Waals surface area contributed by atoms with Gasteiger partial charge in [0.15, 0.2) is 0 Å². The Kier molecular flexibility index (Phi) is 10.8. The van der Waals surface area contributed by atoms with Crippen molar-refractivity contribution in [2.75, 3.05) is 39.3 Å². The summed E-state index contributed by atoms with van der Waals surface area (Å²) in [5.41, 5.74) is -0.596. The molecular formula is C21H27F6N3O4. The van der Waals surface area contributed by atoms with Crippen LogP contribution in [0.25, 0.3) is 0 Å². The second-order valence-electron chi connectivity index (χ2n) is 7.90. The number of piperazine rings is 1. The first-order valence-corrected chi connectivity index (χ1v) is 10.4. The standard InChI is InChI=1S/C19H26F3N3O2.C2HF3O2/c1-14(2)13-25(10-7-17(26)24-11-8-23-9-12-24)18(27)15-3-5-16(6-4-15)19(20,21)22;3-2(4,5)1(6)7/h3-6,14,23H,7-13H2,1-2H3;(H,6,7). The molecular weight excluding hydrogens is 472 g/mol. The highest BCUT2D eigenvalue weighted by Crippen LogP contribution is 2.29. The molecule has 2 amide bonds. The van der Waals surface area contributed by atoms with E-state index in [9.17, 15) is 35.9 Å². The number of benzene rings is 1. The highest BCUT2D eigenvalue weighted by molar-refractivity contribution is 5.94. The van der Waals surface area contributed by atoms with Gasteiger partial charge in [0.1, 0.15) is 0 Å². The molecule has 0 bridgehead atoms. The van der Waals surface area contributed by atoms with Gasteiger partial charge in [-0.25, -0.2) is 4.79 Å². The molecule has 1 fully saturated rings. The maximum atomic E-state index is 12.7. The summed E-state index contributed by atoms with van der Waals surface area (Å²) in [5.74, 6) is -2.94. The Morgan fingerprint density at radius 3 is 1.94 bits per heavy atom. The summed E-state index contributed by atoms with van der Waals surface area (Å²) in [6, 6.07) is 4.20. The maximum Gasteiger partial charge on any atom is 0.490 e. The smallest absolute Gasteiger partial charge is 0.475 e. The number of amides is 2. The fourth-order valence-electron chi connectivity index (χ4n) is 3.00. The fraction of sp³-hybridized carbons (Fsp3) is 0.571. The third-order valence-corrected chi connectivity index (χ3v) is 4.64. The quantitative estimate of drug-likeness (QED) is 0.587. The molecule has 0 atom stereocenters. The molecule has 0 unspecified atom stereocenters. The number of nitrogens with zero attached hydrogens (tertiary/aromatic N) is 2. The normalized spacial score (nSPS) is 14.3. The van der Waals surface area contributed by atoms with Crippen molar-refractivity contribution in [2.45, 2.75) is 32.6 Å². The average molecular weight is 499 g/mol. The lowest BCUT2D eigenvalue weighted by Crippen LogP contribution is -2.47. The van der Waals surface area contributed by atoms with Crippen LogP contribution in [0.5, 0.6) is 0 Å². The number of hydrogen-bond donors (Lipinski definition) is 2. The molecule has 0 saturated carbocycles. The lowest BCUT2D eigenvalue weighted by atomic mass is 10.1. The Bertz CT molecular complexity index is 819. The van der Waals surface area contributed by atoms with Crippen LogP contribution in [0.4, 0.5) is 26.3 Å². The van der Waals surface area contributed by atoms with Gasteiger partial charge in [-0.1, -0.05) is 13.8 Å². The number of carbonyl (C=O) groups excluding carboxylic acids is 2. The molecule has 0 spiro atoms. The van der Waals surface area contributed by atoms with Crippen LogP contribution in [0.1, 0.15) is 36.2 Å². The summed E-state index contributed by atoms with van der Waals surface area (Å²) in [7, 11) is 0. The predicted octanol–water partition coefficient (Wildman–Crippen LogP) is 3.26. The zero-order valence-electron chi connectivity index (χ0n) is 18.7. The van der Waals surface area contributed by atoms with E-state index in [4.69, 9.17) is 9.90 Å². The van der Waals surface area contributed by atoms with Gasteiger partial charge < -0.3 is 20.2 Å². The van der Waals surface area contributed by atoms with Crippen LogP contribution in [0.2, 0.25) is 0 Å². The van der Waals surface area contributed by atoms with Gasteiger partial charge in [0.05, 0.1) is 5.56 Å². The van der Waals surface area contributed by atoms with Crippen LogP contribution in [0, 0.1) is 5.92 Å². The number of alkyl halides is 6. The first-order valence-electron chi connectivity index (χ1n) is 10.4. The number of hydrogen-bond acceptors (Lipinski definition) is 4. The first-order chi connectivity index (χ1) is 15.6.